The maximum Gasteiger partial charge on any atom is 0.416 e. The summed E-state index contributed by atoms with van der Waals surface area (Å²) in [5.74, 6) is -0.166. The second-order valence-electron chi connectivity index (χ2n) is 9.31. The van der Waals surface area contributed by atoms with E-state index < -0.39 is 53.6 Å². The third-order valence-corrected chi connectivity index (χ3v) is 7.11. The minimum absolute atomic E-state index is 0.0353. The molecule has 4 rings (SSSR count). The van der Waals surface area contributed by atoms with E-state index in [4.69, 9.17) is 11.6 Å². The highest BCUT2D eigenvalue weighted by Crippen LogP contribution is 2.50. The van der Waals surface area contributed by atoms with Crippen molar-refractivity contribution in [3.63, 3.8) is 0 Å². The number of halogens is 10. The van der Waals surface area contributed by atoms with Gasteiger partial charge < -0.3 is 10.2 Å². The van der Waals surface area contributed by atoms with E-state index in [0.717, 1.165) is 12.8 Å². The molecule has 2 aromatic carbocycles. The van der Waals surface area contributed by atoms with Crippen LogP contribution in [0.1, 0.15) is 41.5 Å². The van der Waals surface area contributed by atoms with Crippen molar-refractivity contribution in [1.82, 2.24) is 5.32 Å². The van der Waals surface area contributed by atoms with Crippen molar-refractivity contribution in [1.29, 1.82) is 0 Å². The fraction of sp³-hybridized carbons (Fsp3) is 0.458. The van der Waals surface area contributed by atoms with E-state index in [1.165, 1.54) is 23.1 Å². The van der Waals surface area contributed by atoms with Crippen molar-refractivity contribution in [3.8, 4) is 0 Å². The van der Waals surface area contributed by atoms with Gasteiger partial charge in [-0.3, -0.25) is 4.79 Å². The predicted octanol–water partition coefficient (Wildman–Crippen LogP) is 7.11. The number of anilines is 1. The summed E-state index contributed by atoms with van der Waals surface area (Å²) in [6.45, 7) is -1.08. The van der Waals surface area contributed by atoms with Gasteiger partial charge >= 0.3 is 18.5 Å². The van der Waals surface area contributed by atoms with Crippen LogP contribution in [0, 0.1) is 5.92 Å². The molecule has 2 aromatic rings. The molecule has 1 unspecified atom stereocenters. The van der Waals surface area contributed by atoms with Crippen LogP contribution in [0.4, 0.5) is 45.2 Å². The Morgan fingerprint density at radius 1 is 0.946 bits per heavy atom. The first-order chi connectivity index (χ1) is 17.0. The minimum atomic E-state index is -5.28. The lowest BCUT2D eigenvalue weighted by Crippen LogP contribution is -2.45. The highest BCUT2D eigenvalue weighted by atomic mass is 35.5. The van der Waals surface area contributed by atoms with E-state index in [0.29, 0.717) is 5.56 Å². The molecular weight excluding hydrogens is 539 g/mol. The molecular formula is C24H20ClF9N2O. The summed E-state index contributed by atoms with van der Waals surface area (Å²) in [6, 6.07) is 4.41. The van der Waals surface area contributed by atoms with Crippen LogP contribution in [0.5, 0.6) is 0 Å². The first-order valence-corrected chi connectivity index (χ1v) is 11.6. The molecule has 202 valence electrons. The molecule has 1 saturated heterocycles. The molecule has 2 fully saturated rings. The van der Waals surface area contributed by atoms with Crippen molar-refractivity contribution >= 4 is 23.2 Å². The Labute approximate surface area is 210 Å². The number of hydrogen-bond acceptors (Lipinski definition) is 2. The van der Waals surface area contributed by atoms with Gasteiger partial charge in [0.15, 0.2) is 0 Å². The monoisotopic (exact) mass is 558 g/mol. The van der Waals surface area contributed by atoms with E-state index in [1.807, 2.05) is 0 Å². The smallest absolute Gasteiger partial charge is 0.370 e. The zero-order valence-corrected chi connectivity index (χ0v) is 19.7. The van der Waals surface area contributed by atoms with Crippen molar-refractivity contribution in [2.45, 2.75) is 49.8 Å². The summed E-state index contributed by atoms with van der Waals surface area (Å²) in [6.07, 6.45) is -14.9. The molecule has 1 heterocycles. The summed E-state index contributed by atoms with van der Waals surface area (Å²) in [4.78, 5) is 13.1. The van der Waals surface area contributed by atoms with Gasteiger partial charge in [0.1, 0.15) is 5.41 Å². The van der Waals surface area contributed by atoms with E-state index in [9.17, 15) is 44.3 Å². The highest BCUT2D eigenvalue weighted by molar-refractivity contribution is 6.31. The van der Waals surface area contributed by atoms with Crippen molar-refractivity contribution in [2.24, 2.45) is 5.92 Å². The number of carbonyl (C=O) groups excluding carboxylic acids is 1. The predicted molar refractivity (Wildman–Crippen MR) is 117 cm³/mol. The minimum Gasteiger partial charge on any atom is -0.370 e. The number of nitrogens with zero attached hydrogens (tertiary/aromatic N) is 1. The molecule has 1 aliphatic heterocycles. The van der Waals surface area contributed by atoms with Gasteiger partial charge in [-0.2, -0.15) is 39.5 Å². The topological polar surface area (TPSA) is 32.3 Å². The molecule has 0 radical (unpaired) electrons. The fourth-order valence-electron chi connectivity index (χ4n) is 4.44. The average molecular weight is 559 g/mol. The molecule has 37 heavy (non-hydrogen) atoms. The van der Waals surface area contributed by atoms with Crippen LogP contribution >= 0.6 is 11.6 Å². The number of rotatable bonds is 5. The zero-order valence-electron chi connectivity index (χ0n) is 18.9. The normalized spacial score (nSPS) is 20.9. The summed E-state index contributed by atoms with van der Waals surface area (Å²) < 4.78 is 123. The van der Waals surface area contributed by atoms with Gasteiger partial charge in [-0.05, 0) is 60.7 Å². The second-order valence-corrected chi connectivity index (χ2v) is 9.72. The number of hydrogen-bond donors (Lipinski definition) is 1. The molecule has 1 atom stereocenters. The molecule has 3 nitrogen and oxygen atoms in total. The van der Waals surface area contributed by atoms with Crippen LogP contribution in [-0.2, 0) is 29.1 Å². The number of alkyl halides is 9. The van der Waals surface area contributed by atoms with Crippen LogP contribution in [0.2, 0.25) is 5.02 Å². The quantitative estimate of drug-likeness (QED) is 0.397. The highest BCUT2D eigenvalue weighted by Gasteiger charge is 2.60. The number of benzene rings is 2. The average Bonchev–Trinajstić information content (AvgIpc) is 3.53. The Kier molecular flexibility index (Phi) is 6.88. The largest absolute Gasteiger partial charge is 0.416 e. The molecule has 1 saturated carbocycles. The lowest BCUT2D eigenvalue weighted by molar-refractivity contribution is -0.185. The third kappa shape index (κ3) is 5.63. The number of nitrogens with one attached hydrogen (secondary N) is 1. The summed E-state index contributed by atoms with van der Waals surface area (Å²) in [7, 11) is 0. The van der Waals surface area contributed by atoms with Gasteiger partial charge in [0, 0.05) is 36.3 Å². The lowest BCUT2D eigenvalue weighted by atomic mass is 9.77. The fourth-order valence-corrected chi connectivity index (χ4v) is 4.68. The maximum atomic E-state index is 14.4. The van der Waals surface area contributed by atoms with E-state index >= 15 is 0 Å². The van der Waals surface area contributed by atoms with Crippen LogP contribution in [0.3, 0.4) is 0 Å². The Bertz CT molecular complexity index is 1160. The Hall–Kier alpha value is -2.63. The molecule has 13 heteroatoms. The molecule has 1 N–H and O–H groups in total. The van der Waals surface area contributed by atoms with Gasteiger partial charge in [-0.25, -0.2) is 0 Å². The Balaban J connectivity index is 1.66. The van der Waals surface area contributed by atoms with Gasteiger partial charge in [0.25, 0.3) is 0 Å². The molecule has 0 spiro atoms. The maximum absolute atomic E-state index is 14.4. The summed E-state index contributed by atoms with van der Waals surface area (Å²) in [5.41, 5.74) is -6.96. The molecule has 0 aromatic heterocycles. The van der Waals surface area contributed by atoms with Crippen LogP contribution in [0.25, 0.3) is 0 Å². The third-order valence-electron chi connectivity index (χ3n) is 6.76. The van der Waals surface area contributed by atoms with Crippen molar-refractivity contribution in [2.75, 3.05) is 18.0 Å². The second kappa shape index (κ2) is 9.28. The molecule has 2 aliphatic rings. The SMILES string of the molecule is O=C(NCc1ccc(N2CCC(c3cc(C(F)(F)F)cc(C(F)(F)F)c3)(C(F)(F)F)C2)cc1Cl)C1CC1. The van der Waals surface area contributed by atoms with Crippen molar-refractivity contribution < 1.29 is 44.3 Å². The van der Waals surface area contributed by atoms with Gasteiger partial charge in [-0.15, -0.1) is 0 Å². The van der Waals surface area contributed by atoms with Crippen molar-refractivity contribution in [3.05, 3.63) is 63.7 Å². The molecule has 1 aliphatic carbocycles. The van der Waals surface area contributed by atoms with E-state index in [-0.39, 0.29) is 53.8 Å². The Morgan fingerprint density at radius 2 is 1.54 bits per heavy atom. The van der Waals surface area contributed by atoms with Crippen LogP contribution in [0.15, 0.2) is 36.4 Å². The Morgan fingerprint density at radius 3 is 2.03 bits per heavy atom. The first kappa shape index (κ1) is 27.4. The summed E-state index contributed by atoms with van der Waals surface area (Å²) >= 11 is 6.26. The lowest BCUT2D eigenvalue weighted by Gasteiger charge is -2.33. The van der Waals surface area contributed by atoms with Gasteiger partial charge in [0.2, 0.25) is 5.91 Å². The van der Waals surface area contributed by atoms with Crippen LogP contribution in [-0.4, -0.2) is 25.2 Å². The standard InChI is InChI=1S/C24H20ClF9N2O/c25-19-10-18(4-3-14(19)11-35-20(37)13-1-2-13)36-6-5-21(12-36,24(32,33)34)15-7-16(22(26,27)28)9-17(8-15)23(29,30)31/h3-4,7-10,13H,1-2,5-6,11-12H2,(H,35,37). The number of carbonyl (C=O) groups is 1. The van der Waals surface area contributed by atoms with Gasteiger partial charge in [-0.1, -0.05) is 17.7 Å². The van der Waals surface area contributed by atoms with Gasteiger partial charge in [0.05, 0.1) is 11.1 Å². The first-order valence-electron chi connectivity index (χ1n) is 11.2. The number of amides is 1. The van der Waals surface area contributed by atoms with E-state index in [2.05, 4.69) is 5.32 Å². The summed E-state index contributed by atoms with van der Waals surface area (Å²) in [5, 5.41) is 2.86. The van der Waals surface area contributed by atoms with Crippen LogP contribution < -0.4 is 10.2 Å². The van der Waals surface area contributed by atoms with E-state index in [1.54, 1.807) is 0 Å². The molecule has 0 bridgehead atoms. The molecule has 1 amide bonds. The zero-order chi connectivity index (χ0) is 27.4.